The number of carbonyl (C=O) groups is 1. The lowest BCUT2D eigenvalue weighted by Gasteiger charge is -2.20. The predicted molar refractivity (Wildman–Crippen MR) is 95.0 cm³/mol. The summed E-state index contributed by atoms with van der Waals surface area (Å²) in [5.41, 5.74) is 7.55. The molecule has 1 aliphatic heterocycles. The van der Waals surface area contributed by atoms with Crippen molar-refractivity contribution in [3.05, 3.63) is 58.1 Å². The van der Waals surface area contributed by atoms with Crippen molar-refractivity contribution in [2.75, 3.05) is 6.54 Å². The van der Waals surface area contributed by atoms with Gasteiger partial charge in [-0.3, -0.25) is 4.79 Å². The fraction of sp³-hybridized carbons (Fsp3) is 0.278. The summed E-state index contributed by atoms with van der Waals surface area (Å²) in [5.74, 6) is 1.07. The van der Waals surface area contributed by atoms with Crippen LogP contribution in [-0.2, 0) is 6.54 Å². The van der Waals surface area contributed by atoms with Crippen molar-refractivity contribution in [1.29, 1.82) is 0 Å². The lowest BCUT2D eigenvalue weighted by atomic mass is 10.1. The van der Waals surface area contributed by atoms with E-state index in [1.807, 2.05) is 46.7 Å². The van der Waals surface area contributed by atoms with Gasteiger partial charge < -0.3 is 15.2 Å². The SMILES string of the molecule is NCc1ccc(-c2noc(C3CCCN3C(=O)c3cccs3)n2)cc1. The van der Waals surface area contributed by atoms with E-state index in [9.17, 15) is 4.79 Å². The summed E-state index contributed by atoms with van der Waals surface area (Å²) >= 11 is 1.45. The Hall–Kier alpha value is -2.51. The van der Waals surface area contributed by atoms with Gasteiger partial charge in [0.2, 0.25) is 11.7 Å². The molecule has 128 valence electrons. The highest BCUT2D eigenvalue weighted by atomic mass is 32.1. The molecule has 0 spiro atoms. The summed E-state index contributed by atoms with van der Waals surface area (Å²) in [6.07, 6.45) is 1.77. The fourth-order valence-electron chi connectivity index (χ4n) is 3.09. The van der Waals surface area contributed by atoms with Crippen molar-refractivity contribution >= 4 is 17.2 Å². The largest absolute Gasteiger partial charge is 0.337 e. The minimum Gasteiger partial charge on any atom is -0.337 e. The van der Waals surface area contributed by atoms with Crippen LogP contribution in [0.3, 0.4) is 0 Å². The van der Waals surface area contributed by atoms with Gasteiger partial charge in [0.15, 0.2) is 0 Å². The van der Waals surface area contributed by atoms with Crippen LogP contribution in [0, 0.1) is 0 Å². The Morgan fingerprint density at radius 3 is 2.88 bits per heavy atom. The van der Waals surface area contributed by atoms with Crippen LogP contribution >= 0.6 is 11.3 Å². The maximum absolute atomic E-state index is 12.7. The molecule has 0 bridgehead atoms. The van der Waals surface area contributed by atoms with Crippen LogP contribution in [-0.4, -0.2) is 27.5 Å². The van der Waals surface area contributed by atoms with E-state index in [0.29, 0.717) is 24.8 Å². The highest BCUT2D eigenvalue weighted by Gasteiger charge is 2.34. The van der Waals surface area contributed by atoms with Gasteiger partial charge in [-0.15, -0.1) is 11.3 Å². The fourth-order valence-corrected chi connectivity index (χ4v) is 3.76. The monoisotopic (exact) mass is 354 g/mol. The van der Waals surface area contributed by atoms with Gasteiger partial charge in [-0.1, -0.05) is 35.5 Å². The summed E-state index contributed by atoms with van der Waals surface area (Å²) in [6, 6.07) is 11.3. The summed E-state index contributed by atoms with van der Waals surface area (Å²) < 4.78 is 5.48. The Kier molecular flexibility index (Phi) is 4.33. The molecule has 1 fully saturated rings. The predicted octanol–water partition coefficient (Wildman–Crippen LogP) is 3.23. The second-order valence-corrected chi connectivity index (χ2v) is 6.94. The molecular weight excluding hydrogens is 336 g/mol. The topological polar surface area (TPSA) is 85.2 Å². The number of likely N-dealkylation sites (tertiary alicyclic amines) is 1. The van der Waals surface area contributed by atoms with Crippen molar-refractivity contribution in [2.24, 2.45) is 5.73 Å². The molecule has 1 aliphatic rings. The van der Waals surface area contributed by atoms with E-state index in [0.717, 1.165) is 28.8 Å². The summed E-state index contributed by atoms with van der Waals surface area (Å²) in [7, 11) is 0. The molecule has 1 unspecified atom stereocenters. The van der Waals surface area contributed by atoms with Crippen molar-refractivity contribution in [2.45, 2.75) is 25.4 Å². The van der Waals surface area contributed by atoms with E-state index in [4.69, 9.17) is 10.3 Å². The normalized spacial score (nSPS) is 17.2. The van der Waals surface area contributed by atoms with E-state index in [1.165, 1.54) is 11.3 Å². The van der Waals surface area contributed by atoms with E-state index in [2.05, 4.69) is 10.1 Å². The zero-order chi connectivity index (χ0) is 17.2. The van der Waals surface area contributed by atoms with E-state index in [-0.39, 0.29) is 11.9 Å². The molecule has 1 atom stereocenters. The number of aromatic nitrogens is 2. The lowest BCUT2D eigenvalue weighted by Crippen LogP contribution is -2.30. The van der Waals surface area contributed by atoms with Crippen LogP contribution in [0.1, 0.15) is 40.0 Å². The van der Waals surface area contributed by atoms with Crippen LogP contribution < -0.4 is 5.73 Å². The number of thiophene rings is 1. The first kappa shape index (κ1) is 16.0. The molecule has 0 radical (unpaired) electrons. The Balaban J connectivity index is 1.57. The molecule has 2 aromatic heterocycles. The molecule has 1 amide bonds. The zero-order valence-electron chi connectivity index (χ0n) is 13.6. The average Bonchev–Trinajstić information content (AvgIpc) is 3.42. The van der Waals surface area contributed by atoms with Crippen LogP contribution in [0.4, 0.5) is 0 Å². The summed E-state index contributed by atoms with van der Waals surface area (Å²) in [6.45, 7) is 1.21. The number of carbonyl (C=O) groups excluding carboxylic acids is 1. The van der Waals surface area contributed by atoms with Gasteiger partial charge in [0.05, 0.1) is 4.88 Å². The third kappa shape index (κ3) is 3.08. The van der Waals surface area contributed by atoms with Crippen molar-refractivity contribution in [1.82, 2.24) is 15.0 Å². The first-order valence-corrected chi connectivity index (χ1v) is 9.11. The van der Waals surface area contributed by atoms with E-state index < -0.39 is 0 Å². The van der Waals surface area contributed by atoms with E-state index in [1.54, 1.807) is 0 Å². The number of rotatable bonds is 4. The van der Waals surface area contributed by atoms with Gasteiger partial charge in [0.1, 0.15) is 6.04 Å². The first-order valence-electron chi connectivity index (χ1n) is 8.23. The number of hydrogen-bond donors (Lipinski definition) is 1. The Morgan fingerprint density at radius 1 is 1.32 bits per heavy atom. The highest BCUT2D eigenvalue weighted by Crippen LogP contribution is 2.33. The van der Waals surface area contributed by atoms with Gasteiger partial charge in [0.25, 0.3) is 5.91 Å². The van der Waals surface area contributed by atoms with Crippen LogP contribution in [0.15, 0.2) is 46.3 Å². The molecule has 6 nitrogen and oxygen atoms in total. The molecule has 3 aromatic rings. The molecule has 1 aromatic carbocycles. The molecule has 2 N–H and O–H groups in total. The molecule has 3 heterocycles. The van der Waals surface area contributed by atoms with Crippen molar-refractivity contribution in [3.8, 4) is 11.4 Å². The van der Waals surface area contributed by atoms with Crippen LogP contribution in [0.5, 0.6) is 0 Å². The number of benzene rings is 1. The highest BCUT2D eigenvalue weighted by molar-refractivity contribution is 7.12. The zero-order valence-corrected chi connectivity index (χ0v) is 14.4. The molecule has 4 rings (SSSR count). The van der Waals surface area contributed by atoms with Gasteiger partial charge in [-0.2, -0.15) is 4.98 Å². The average molecular weight is 354 g/mol. The molecule has 25 heavy (non-hydrogen) atoms. The van der Waals surface area contributed by atoms with Gasteiger partial charge in [-0.25, -0.2) is 0 Å². The quantitative estimate of drug-likeness (QED) is 0.777. The molecule has 7 heteroatoms. The molecular formula is C18H18N4O2S. The van der Waals surface area contributed by atoms with Gasteiger partial charge >= 0.3 is 0 Å². The Morgan fingerprint density at radius 2 is 2.16 bits per heavy atom. The van der Waals surface area contributed by atoms with E-state index >= 15 is 0 Å². The number of amides is 1. The van der Waals surface area contributed by atoms with Gasteiger partial charge in [0, 0.05) is 18.7 Å². The molecule has 0 aliphatic carbocycles. The van der Waals surface area contributed by atoms with Crippen LogP contribution in [0.25, 0.3) is 11.4 Å². The second kappa shape index (κ2) is 6.78. The summed E-state index contributed by atoms with van der Waals surface area (Å²) in [4.78, 5) is 19.8. The third-order valence-corrected chi connectivity index (χ3v) is 5.28. The minimum atomic E-state index is -0.154. The smallest absolute Gasteiger partial charge is 0.264 e. The standard InChI is InChI=1S/C18H18N4O2S/c19-11-12-5-7-13(8-6-12)16-20-17(24-21-16)14-3-1-9-22(14)18(23)15-4-2-10-25-15/h2,4-8,10,14H,1,3,9,11,19H2. The third-order valence-electron chi connectivity index (χ3n) is 4.42. The number of nitrogens with zero attached hydrogens (tertiary/aromatic N) is 3. The maximum Gasteiger partial charge on any atom is 0.264 e. The Labute approximate surface area is 149 Å². The maximum atomic E-state index is 12.7. The van der Waals surface area contributed by atoms with Gasteiger partial charge in [-0.05, 0) is 29.9 Å². The first-order chi connectivity index (χ1) is 12.3. The Bertz CT molecular complexity index is 858. The lowest BCUT2D eigenvalue weighted by molar-refractivity contribution is 0.0715. The van der Waals surface area contributed by atoms with Crippen LogP contribution in [0.2, 0.25) is 0 Å². The van der Waals surface area contributed by atoms with Crippen molar-refractivity contribution < 1.29 is 9.32 Å². The second-order valence-electron chi connectivity index (χ2n) is 5.99. The number of nitrogens with two attached hydrogens (primary N) is 1. The summed E-state index contributed by atoms with van der Waals surface area (Å²) in [5, 5.41) is 6.00. The molecule has 0 saturated carbocycles. The molecule has 1 saturated heterocycles. The minimum absolute atomic E-state index is 0.0320. The van der Waals surface area contributed by atoms with Crippen molar-refractivity contribution in [3.63, 3.8) is 0 Å². The number of hydrogen-bond acceptors (Lipinski definition) is 6.